The monoisotopic (exact) mass is 381 g/mol. The minimum absolute atomic E-state index is 0.00855. The Hall–Kier alpha value is -1.77. The van der Waals surface area contributed by atoms with Gasteiger partial charge in [0.15, 0.2) is 5.78 Å². The summed E-state index contributed by atoms with van der Waals surface area (Å²) in [6.07, 6.45) is 1.02. The number of benzene rings is 1. The lowest BCUT2D eigenvalue weighted by atomic mass is 9.97. The van der Waals surface area contributed by atoms with Crippen molar-refractivity contribution in [1.29, 1.82) is 0 Å². The van der Waals surface area contributed by atoms with Crippen LogP contribution in [0, 0.1) is 5.92 Å². The molecule has 0 spiro atoms. The molecule has 1 aliphatic heterocycles. The molecule has 0 saturated carbocycles. The van der Waals surface area contributed by atoms with Gasteiger partial charge in [0.1, 0.15) is 0 Å². The zero-order valence-corrected chi connectivity index (χ0v) is 16.1. The van der Waals surface area contributed by atoms with Crippen LogP contribution in [0.1, 0.15) is 37.0 Å². The van der Waals surface area contributed by atoms with Gasteiger partial charge in [0, 0.05) is 37.7 Å². The van der Waals surface area contributed by atoms with Crippen LogP contribution < -0.4 is 10.6 Å². The van der Waals surface area contributed by atoms with Crippen molar-refractivity contribution in [2.75, 3.05) is 32.7 Å². The van der Waals surface area contributed by atoms with E-state index in [0.717, 1.165) is 13.1 Å². The van der Waals surface area contributed by atoms with Crippen LogP contribution in [0.15, 0.2) is 29.2 Å². The minimum atomic E-state index is -3.60. The molecule has 1 aromatic carbocycles. The first-order valence-corrected chi connectivity index (χ1v) is 10.4. The van der Waals surface area contributed by atoms with Crippen molar-refractivity contribution >= 4 is 21.7 Å². The highest BCUT2D eigenvalue weighted by Gasteiger charge is 2.31. The molecular formula is C18H27N3O4S. The van der Waals surface area contributed by atoms with E-state index in [1.165, 1.54) is 35.5 Å². The molecule has 2 rings (SSSR count). The number of sulfonamides is 1. The molecule has 26 heavy (non-hydrogen) atoms. The van der Waals surface area contributed by atoms with Gasteiger partial charge in [0.25, 0.3) is 0 Å². The quantitative estimate of drug-likeness (QED) is 0.518. The topological polar surface area (TPSA) is 95.6 Å². The maximum absolute atomic E-state index is 12.7. The molecule has 1 amide bonds. The fourth-order valence-electron chi connectivity index (χ4n) is 2.96. The van der Waals surface area contributed by atoms with Gasteiger partial charge in [-0.2, -0.15) is 4.31 Å². The molecule has 1 heterocycles. The Labute approximate surface area is 155 Å². The summed E-state index contributed by atoms with van der Waals surface area (Å²) in [6, 6.07) is 5.98. The van der Waals surface area contributed by atoms with E-state index in [0.29, 0.717) is 38.0 Å². The molecule has 1 fully saturated rings. The van der Waals surface area contributed by atoms with Crippen LogP contribution in [-0.2, 0) is 14.8 Å². The van der Waals surface area contributed by atoms with E-state index < -0.39 is 10.0 Å². The summed E-state index contributed by atoms with van der Waals surface area (Å²) in [6.45, 7) is 6.26. The highest BCUT2D eigenvalue weighted by Crippen LogP contribution is 2.24. The molecule has 0 aliphatic carbocycles. The number of carbonyl (C=O) groups is 2. The summed E-state index contributed by atoms with van der Waals surface area (Å²) in [5.41, 5.74) is 0.483. The largest absolute Gasteiger partial charge is 0.355 e. The summed E-state index contributed by atoms with van der Waals surface area (Å²) in [5, 5.41) is 6.03. The van der Waals surface area contributed by atoms with Crippen LogP contribution in [0.5, 0.6) is 0 Å². The lowest BCUT2D eigenvalue weighted by molar-refractivity contribution is -0.126. The third-order valence-electron chi connectivity index (χ3n) is 4.57. The van der Waals surface area contributed by atoms with Crippen molar-refractivity contribution in [2.24, 2.45) is 5.92 Å². The van der Waals surface area contributed by atoms with Gasteiger partial charge in [-0.05, 0) is 38.4 Å². The highest BCUT2D eigenvalue weighted by atomic mass is 32.2. The summed E-state index contributed by atoms with van der Waals surface area (Å²) in [5.74, 6) is -0.260. The average Bonchev–Trinajstić information content (AvgIpc) is 2.65. The maximum atomic E-state index is 12.7. The van der Waals surface area contributed by atoms with Crippen molar-refractivity contribution in [2.45, 2.75) is 31.6 Å². The standard InChI is InChI=1S/C18H27N3O4S/c1-3-19-10-11-20-18(23)16-8-12-21(13-9-16)26(24,25)17-6-4-15(5-7-17)14(2)22/h4-7,16,19H,3,8-13H2,1-2H3,(H,20,23). The van der Waals surface area contributed by atoms with Gasteiger partial charge >= 0.3 is 0 Å². The van der Waals surface area contributed by atoms with Gasteiger partial charge in [0.2, 0.25) is 15.9 Å². The first kappa shape index (κ1) is 20.5. The maximum Gasteiger partial charge on any atom is 0.243 e. The Morgan fingerprint density at radius 1 is 1.12 bits per heavy atom. The number of hydrogen-bond acceptors (Lipinski definition) is 5. The van der Waals surface area contributed by atoms with Crippen molar-refractivity contribution in [1.82, 2.24) is 14.9 Å². The number of Topliss-reactive ketones (excluding diaryl/α,β-unsaturated/α-hetero) is 1. The summed E-state index contributed by atoms with van der Waals surface area (Å²) in [7, 11) is -3.60. The molecule has 0 unspecified atom stereocenters. The van der Waals surface area contributed by atoms with E-state index in [-0.39, 0.29) is 22.5 Å². The molecule has 0 radical (unpaired) electrons. The Morgan fingerprint density at radius 3 is 2.27 bits per heavy atom. The van der Waals surface area contributed by atoms with Crippen molar-refractivity contribution in [3.63, 3.8) is 0 Å². The average molecular weight is 381 g/mol. The normalized spacial score (nSPS) is 16.4. The van der Waals surface area contributed by atoms with E-state index in [2.05, 4.69) is 10.6 Å². The van der Waals surface area contributed by atoms with Crippen LogP contribution in [-0.4, -0.2) is 57.1 Å². The van der Waals surface area contributed by atoms with Crippen LogP contribution in [0.2, 0.25) is 0 Å². The Bertz CT molecular complexity index is 723. The predicted molar refractivity (Wildman–Crippen MR) is 99.5 cm³/mol. The molecule has 7 nitrogen and oxygen atoms in total. The fraction of sp³-hybridized carbons (Fsp3) is 0.556. The lowest BCUT2D eigenvalue weighted by Crippen LogP contribution is -2.44. The molecule has 0 atom stereocenters. The number of likely N-dealkylation sites (N-methyl/N-ethyl adjacent to an activating group) is 1. The third-order valence-corrected chi connectivity index (χ3v) is 6.49. The molecule has 144 valence electrons. The van der Waals surface area contributed by atoms with Crippen molar-refractivity contribution in [3.8, 4) is 0 Å². The van der Waals surface area contributed by atoms with E-state index in [4.69, 9.17) is 0 Å². The minimum Gasteiger partial charge on any atom is -0.355 e. The van der Waals surface area contributed by atoms with Gasteiger partial charge in [-0.15, -0.1) is 0 Å². The SMILES string of the molecule is CCNCCNC(=O)C1CCN(S(=O)(=O)c2ccc(C(C)=O)cc2)CC1. The second-order valence-corrected chi connectivity index (χ2v) is 8.34. The second-order valence-electron chi connectivity index (χ2n) is 6.40. The van der Waals surface area contributed by atoms with Crippen LogP contribution in [0.4, 0.5) is 0 Å². The molecule has 2 N–H and O–H groups in total. The van der Waals surface area contributed by atoms with E-state index in [9.17, 15) is 18.0 Å². The third kappa shape index (κ3) is 5.12. The Balaban J connectivity index is 1.91. The number of rotatable bonds is 8. The van der Waals surface area contributed by atoms with Gasteiger partial charge in [-0.3, -0.25) is 9.59 Å². The van der Waals surface area contributed by atoms with E-state index >= 15 is 0 Å². The number of ketones is 1. The Kier molecular flexibility index (Phi) is 7.31. The number of hydrogen-bond donors (Lipinski definition) is 2. The molecule has 0 bridgehead atoms. The first-order valence-electron chi connectivity index (χ1n) is 8.96. The van der Waals surface area contributed by atoms with Crippen LogP contribution in [0.25, 0.3) is 0 Å². The number of nitrogens with zero attached hydrogens (tertiary/aromatic N) is 1. The van der Waals surface area contributed by atoms with E-state index in [1.807, 2.05) is 6.92 Å². The lowest BCUT2D eigenvalue weighted by Gasteiger charge is -2.30. The van der Waals surface area contributed by atoms with Crippen molar-refractivity contribution < 1.29 is 18.0 Å². The number of carbonyl (C=O) groups excluding carboxylic acids is 2. The molecule has 1 aromatic rings. The molecule has 0 aromatic heterocycles. The van der Waals surface area contributed by atoms with Gasteiger partial charge in [-0.25, -0.2) is 8.42 Å². The summed E-state index contributed by atoms with van der Waals surface area (Å²) >= 11 is 0. The Morgan fingerprint density at radius 2 is 1.73 bits per heavy atom. The molecule has 1 saturated heterocycles. The predicted octanol–water partition coefficient (Wildman–Crippen LogP) is 1.02. The van der Waals surface area contributed by atoms with Gasteiger partial charge in [0.05, 0.1) is 4.90 Å². The smallest absolute Gasteiger partial charge is 0.243 e. The second kappa shape index (κ2) is 9.25. The fourth-order valence-corrected chi connectivity index (χ4v) is 4.43. The number of nitrogens with one attached hydrogen (secondary N) is 2. The number of piperidine rings is 1. The van der Waals surface area contributed by atoms with Gasteiger partial charge < -0.3 is 10.6 Å². The molecule has 1 aliphatic rings. The van der Waals surface area contributed by atoms with E-state index in [1.54, 1.807) is 0 Å². The first-order chi connectivity index (χ1) is 12.4. The zero-order chi connectivity index (χ0) is 19.2. The molecule has 8 heteroatoms. The van der Waals surface area contributed by atoms with Gasteiger partial charge in [-0.1, -0.05) is 19.1 Å². The summed E-state index contributed by atoms with van der Waals surface area (Å²) in [4.78, 5) is 23.6. The zero-order valence-electron chi connectivity index (χ0n) is 15.3. The number of amides is 1. The van der Waals surface area contributed by atoms with Crippen LogP contribution >= 0.6 is 0 Å². The van der Waals surface area contributed by atoms with Crippen molar-refractivity contribution in [3.05, 3.63) is 29.8 Å². The summed E-state index contributed by atoms with van der Waals surface area (Å²) < 4.78 is 26.9. The van der Waals surface area contributed by atoms with Crippen LogP contribution in [0.3, 0.4) is 0 Å². The highest BCUT2D eigenvalue weighted by molar-refractivity contribution is 7.89. The molecular weight excluding hydrogens is 354 g/mol.